The van der Waals surface area contributed by atoms with Gasteiger partial charge in [-0.3, -0.25) is 4.79 Å². The van der Waals surface area contributed by atoms with Gasteiger partial charge in [-0.05, 0) is 28.9 Å². The summed E-state index contributed by atoms with van der Waals surface area (Å²) in [5.41, 5.74) is -1.55. The third-order valence-electron chi connectivity index (χ3n) is 3.55. The number of anilines is 1. The van der Waals surface area contributed by atoms with Crippen molar-refractivity contribution in [2.75, 3.05) is 11.9 Å². The Balaban J connectivity index is 1.80. The summed E-state index contributed by atoms with van der Waals surface area (Å²) in [6.45, 7) is -0.633. The van der Waals surface area contributed by atoms with Crippen LogP contribution < -0.4 is 5.32 Å². The van der Waals surface area contributed by atoms with Gasteiger partial charge in [0.1, 0.15) is 19.0 Å². The fourth-order valence-electron chi connectivity index (χ4n) is 2.40. The molecule has 30 heavy (non-hydrogen) atoms. The SMILES string of the molecule is Cc1cc(C(F)(F)F)n2nc(C(=O)Nc3cnn(COCC(F)(F)F)c3)c(Br)c2n1. The first-order valence-electron chi connectivity index (χ1n) is 7.96. The van der Waals surface area contributed by atoms with E-state index >= 15 is 0 Å². The summed E-state index contributed by atoms with van der Waals surface area (Å²) in [5, 5.41) is 9.76. The number of nitrogens with zero attached hydrogens (tertiary/aromatic N) is 5. The van der Waals surface area contributed by atoms with Crippen molar-refractivity contribution in [2.45, 2.75) is 26.0 Å². The minimum absolute atomic E-state index is 0.0601. The molecule has 0 spiro atoms. The Morgan fingerprint density at radius 2 is 1.97 bits per heavy atom. The summed E-state index contributed by atoms with van der Waals surface area (Å²) in [4.78, 5) is 16.4. The van der Waals surface area contributed by atoms with Gasteiger partial charge in [-0.15, -0.1) is 0 Å². The Morgan fingerprint density at radius 1 is 1.27 bits per heavy atom. The van der Waals surface area contributed by atoms with Crippen molar-refractivity contribution in [3.63, 3.8) is 0 Å². The van der Waals surface area contributed by atoms with Crippen molar-refractivity contribution in [3.8, 4) is 0 Å². The van der Waals surface area contributed by atoms with E-state index in [1.54, 1.807) is 0 Å². The highest BCUT2D eigenvalue weighted by molar-refractivity contribution is 9.10. The first kappa shape index (κ1) is 22.0. The van der Waals surface area contributed by atoms with Gasteiger partial charge in [0.2, 0.25) is 0 Å². The minimum atomic E-state index is -4.73. The fourth-order valence-corrected chi connectivity index (χ4v) is 2.92. The zero-order valence-electron chi connectivity index (χ0n) is 14.8. The molecule has 0 aromatic carbocycles. The molecular weight excluding hydrogens is 490 g/mol. The Morgan fingerprint density at radius 3 is 2.60 bits per heavy atom. The van der Waals surface area contributed by atoms with Crippen LogP contribution in [0.4, 0.5) is 32.0 Å². The highest BCUT2D eigenvalue weighted by Crippen LogP contribution is 2.32. The van der Waals surface area contributed by atoms with Crippen LogP contribution in [0.5, 0.6) is 0 Å². The van der Waals surface area contributed by atoms with E-state index in [1.807, 2.05) is 0 Å². The number of fused-ring (bicyclic) bond motifs is 1. The molecule has 0 atom stereocenters. The number of carbonyl (C=O) groups excluding carboxylic acids is 1. The molecule has 1 amide bonds. The first-order valence-corrected chi connectivity index (χ1v) is 8.76. The molecule has 3 aromatic rings. The number of ether oxygens (including phenoxy) is 1. The van der Waals surface area contributed by atoms with E-state index in [9.17, 15) is 31.1 Å². The maximum atomic E-state index is 13.3. The molecule has 0 aliphatic heterocycles. The van der Waals surface area contributed by atoms with Crippen LogP contribution >= 0.6 is 15.9 Å². The van der Waals surface area contributed by atoms with Crippen LogP contribution in [0, 0.1) is 6.92 Å². The molecule has 3 aromatic heterocycles. The number of halogens is 7. The molecule has 0 saturated carbocycles. The Hall–Kier alpha value is -2.68. The van der Waals surface area contributed by atoms with Crippen molar-refractivity contribution < 1.29 is 35.9 Å². The second-order valence-electron chi connectivity index (χ2n) is 5.99. The Bertz CT molecular complexity index is 1090. The van der Waals surface area contributed by atoms with E-state index in [2.05, 4.69) is 41.2 Å². The van der Waals surface area contributed by atoms with Crippen molar-refractivity contribution in [3.05, 3.63) is 40.0 Å². The van der Waals surface area contributed by atoms with Gasteiger partial charge in [0.25, 0.3) is 5.91 Å². The molecule has 3 rings (SSSR count). The molecular formula is C15H11BrF6N6O2. The highest BCUT2D eigenvalue weighted by Gasteiger charge is 2.36. The van der Waals surface area contributed by atoms with Crippen LogP contribution in [0.2, 0.25) is 0 Å². The predicted octanol–water partition coefficient (Wildman–Crippen LogP) is 3.80. The van der Waals surface area contributed by atoms with Gasteiger partial charge in [0.05, 0.1) is 22.6 Å². The quantitative estimate of drug-likeness (QED) is 0.538. The average Bonchev–Trinajstić information content (AvgIpc) is 3.17. The van der Waals surface area contributed by atoms with E-state index in [-0.39, 0.29) is 27.2 Å². The van der Waals surface area contributed by atoms with Gasteiger partial charge in [0, 0.05) is 5.69 Å². The second-order valence-corrected chi connectivity index (χ2v) is 6.79. The number of aromatic nitrogens is 5. The van der Waals surface area contributed by atoms with Crippen LogP contribution in [0.3, 0.4) is 0 Å². The average molecular weight is 501 g/mol. The molecule has 0 aliphatic rings. The lowest BCUT2D eigenvalue weighted by Crippen LogP contribution is -2.18. The number of aryl methyl sites for hydroxylation is 1. The van der Waals surface area contributed by atoms with Crippen LogP contribution in [0.25, 0.3) is 5.65 Å². The largest absolute Gasteiger partial charge is 0.433 e. The van der Waals surface area contributed by atoms with Crippen LogP contribution in [0.15, 0.2) is 22.9 Å². The van der Waals surface area contributed by atoms with Gasteiger partial charge >= 0.3 is 12.4 Å². The number of hydrogen-bond acceptors (Lipinski definition) is 5. The van der Waals surface area contributed by atoms with Gasteiger partial charge in [-0.1, -0.05) is 0 Å². The Kier molecular flexibility index (Phi) is 5.77. The molecule has 0 radical (unpaired) electrons. The maximum Gasteiger partial charge on any atom is 0.433 e. The second kappa shape index (κ2) is 7.86. The van der Waals surface area contributed by atoms with Crippen LogP contribution in [0.1, 0.15) is 21.9 Å². The number of alkyl halides is 6. The standard InChI is InChI=1S/C15H11BrF6N6O2/c1-7-2-9(15(20,21)22)28-12(24-7)10(16)11(26-28)13(29)25-8-3-23-27(4-8)6-30-5-14(17,18)19/h2-4H,5-6H2,1H3,(H,25,29). The van der Waals surface area contributed by atoms with Gasteiger partial charge in [-0.25, -0.2) is 14.2 Å². The summed E-state index contributed by atoms with van der Waals surface area (Å²) in [7, 11) is 0. The zero-order chi connectivity index (χ0) is 22.3. The van der Waals surface area contributed by atoms with Gasteiger partial charge < -0.3 is 10.1 Å². The molecule has 0 fully saturated rings. The zero-order valence-corrected chi connectivity index (χ0v) is 16.4. The normalized spacial score (nSPS) is 12.5. The third-order valence-corrected chi connectivity index (χ3v) is 4.28. The molecule has 0 bridgehead atoms. The molecule has 0 unspecified atom stereocenters. The smallest absolute Gasteiger partial charge is 0.350 e. The highest BCUT2D eigenvalue weighted by atomic mass is 79.9. The molecule has 0 aliphatic carbocycles. The third kappa shape index (κ3) is 4.89. The van der Waals surface area contributed by atoms with E-state index in [1.165, 1.54) is 13.1 Å². The number of hydrogen-bond donors (Lipinski definition) is 1. The molecule has 8 nitrogen and oxygen atoms in total. The van der Waals surface area contributed by atoms with Crippen molar-refractivity contribution in [2.24, 2.45) is 0 Å². The van der Waals surface area contributed by atoms with Gasteiger partial charge in [0.15, 0.2) is 11.3 Å². The summed E-state index contributed by atoms with van der Waals surface area (Å²) < 4.78 is 81.9. The predicted molar refractivity (Wildman–Crippen MR) is 92.6 cm³/mol. The first-order chi connectivity index (χ1) is 13.8. The van der Waals surface area contributed by atoms with Crippen LogP contribution in [-0.2, 0) is 17.6 Å². The maximum absolute atomic E-state index is 13.3. The van der Waals surface area contributed by atoms with Crippen LogP contribution in [-0.4, -0.2) is 43.1 Å². The summed E-state index contributed by atoms with van der Waals surface area (Å²) in [6.07, 6.45) is -6.92. The summed E-state index contributed by atoms with van der Waals surface area (Å²) in [5.74, 6) is -0.881. The van der Waals surface area contributed by atoms with E-state index < -0.39 is 37.3 Å². The Labute approximate surface area is 171 Å². The minimum Gasteiger partial charge on any atom is -0.350 e. The van der Waals surface area contributed by atoms with E-state index in [4.69, 9.17) is 0 Å². The lowest BCUT2D eigenvalue weighted by Gasteiger charge is -2.09. The van der Waals surface area contributed by atoms with Crippen molar-refractivity contribution in [1.82, 2.24) is 24.4 Å². The summed E-state index contributed by atoms with van der Waals surface area (Å²) in [6, 6.07) is 0.791. The number of nitrogens with one attached hydrogen (secondary N) is 1. The number of rotatable bonds is 5. The molecule has 15 heteroatoms. The lowest BCUT2D eigenvalue weighted by molar-refractivity contribution is -0.182. The van der Waals surface area contributed by atoms with Gasteiger partial charge in [-0.2, -0.15) is 36.5 Å². The number of amides is 1. The lowest BCUT2D eigenvalue weighted by atomic mass is 10.3. The molecule has 162 valence electrons. The summed E-state index contributed by atoms with van der Waals surface area (Å²) >= 11 is 3.04. The fraction of sp³-hybridized carbons (Fsp3) is 0.333. The molecule has 0 saturated heterocycles. The topological polar surface area (TPSA) is 86.3 Å². The van der Waals surface area contributed by atoms with Crippen molar-refractivity contribution >= 4 is 33.2 Å². The van der Waals surface area contributed by atoms with Crippen molar-refractivity contribution in [1.29, 1.82) is 0 Å². The van der Waals surface area contributed by atoms with E-state index in [0.29, 0.717) is 4.52 Å². The molecule has 1 N–H and O–H groups in total. The molecule has 3 heterocycles. The van der Waals surface area contributed by atoms with E-state index in [0.717, 1.165) is 16.9 Å². The monoisotopic (exact) mass is 500 g/mol. The number of carbonyl (C=O) groups is 1.